The van der Waals surface area contributed by atoms with Crippen molar-refractivity contribution >= 4 is 39.5 Å². The van der Waals surface area contributed by atoms with Gasteiger partial charge in [-0.25, -0.2) is 9.13 Å². The van der Waals surface area contributed by atoms with Gasteiger partial charge < -0.3 is 33.8 Å². The minimum atomic E-state index is -4.96. The Morgan fingerprint density at radius 1 is 0.276 bits per heavy atom. The van der Waals surface area contributed by atoms with Crippen LogP contribution in [0.5, 0.6) is 0 Å². The quantitative estimate of drug-likeness (QED) is 0.0222. The molecule has 19 heteroatoms. The Bertz CT molecular complexity index is 1890. The fourth-order valence-corrected chi connectivity index (χ4v) is 13.8. The summed E-state index contributed by atoms with van der Waals surface area (Å²) in [5.41, 5.74) is 0. The Morgan fingerprint density at radius 3 is 0.694 bits per heavy atom. The van der Waals surface area contributed by atoms with E-state index in [1.54, 1.807) is 0 Å². The van der Waals surface area contributed by atoms with E-state index >= 15 is 0 Å². The van der Waals surface area contributed by atoms with Gasteiger partial charge >= 0.3 is 39.5 Å². The standard InChI is InChI=1S/C79H154O17P2/c1-7-9-11-13-15-17-19-20-21-25-28-31-38-44-50-56-62-77(82)90-68-75(95-78(83)63-57-51-45-39-32-29-26-23-22-24-27-30-35-41-47-53-59-71(3)4)70-94-98(87,88)92-66-73(80)65-91-97(85,86)93-69-74(67-89-76(81)61-55-49-43-37-18-16-14-12-10-8-2)96-79(84)64-58-52-46-40-34-33-36-42-48-54-60-72(5)6/h71-75,80H,7-70H2,1-6H3,(H,85,86)(H,87,88)/t73-,74+,75+/m0/s1. The van der Waals surface area contributed by atoms with Gasteiger partial charge in [0.15, 0.2) is 12.2 Å². The summed E-state index contributed by atoms with van der Waals surface area (Å²) in [6, 6.07) is 0. The zero-order chi connectivity index (χ0) is 72.1. The van der Waals surface area contributed by atoms with E-state index in [4.69, 9.17) is 37.0 Å². The van der Waals surface area contributed by atoms with Crippen LogP contribution < -0.4 is 0 Å². The Balaban J connectivity index is 5.23. The number of phosphoric ester groups is 2. The summed E-state index contributed by atoms with van der Waals surface area (Å²) < 4.78 is 68.6. The summed E-state index contributed by atoms with van der Waals surface area (Å²) in [5, 5.41) is 10.6. The van der Waals surface area contributed by atoms with Crippen LogP contribution in [0.15, 0.2) is 0 Å². The third-order valence-electron chi connectivity index (χ3n) is 18.5. The summed E-state index contributed by atoms with van der Waals surface area (Å²) in [4.78, 5) is 72.9. The Labute approximate surface area is 600 Å². The normalized spacial score (nSPS) is 13.9. The molecule has 3 N–H and O–H groups in total. The lowest BCUT2D eigenvalue weighted by atomic mass is 10.0. The second kappa shape index (κ2) is 70.7. The van der Waals surface area contributed by atoms with Gasteiger partial charge in [-0.2, -0.15) is 0 Å². The van der Waals surface area contributed by atoms with Gasteiger partial charge in [0.05, 0.1) is 26.4 Å². The summed E-state index contributed by atoms with van der Waals surface area (Å²) in [5.74, 6) is -0.549. The fraction of sp³-hybridized carbons (Fsp3) is 0.949. The van der Waals surface area contributed by atoms with Gasteiger partial charge in [0.2, 0.25) is 0 Å². The van der Waals surface area contributed by atoms with Crippen molar-refractivity contribution in [3.05, 3.63) is 0 Å². The van der Waals surface area contributed by atoms with Crippen LogP contribution in [0.2, 0.25) is 0 Å². The highest BCUT2D eigenvalue weighted by molar-refractivity contribution is 7.47. The number of rotatable bonds is 78. The third kappa shape index (κ3) is 72.4. The maximum Gasteiger partial charge on any atom is 0.472 e. The van der Waals surface area contributed by atoms with E-state index in [1.807, 2.05) is 0 Å². The van der Waals surface area contributed by atoms with Gasteiger partial charge in [0.1, 0.15) is 19.3 Å². The number of hydrogen-bond acceptors (Lipinski definition) is 15. The van der Waals surface area contributed by atoms with Crippen LogP contribution in [0.25, 0.3) is 0 Å². The number of esters is 4. The van der Waals surface area contributed by atoms with E-state index in [1.165, 1.54) is 231 Å². The lowest BCUT2D eigenvalue weighted by Crippen LogP contribution is -2.30. The minimum absolute atomic E-state index is 0.106. The molecule has 0 aromatic heterocycles. The molecule has 5 atom stereocenters. The summed E-state index contributed by atoms with van der Waals surface area (Å²) >= 11 is 0. The molecule has 98 heavy (non-hydrogen) atoms. The molecule has 0 amide bonds. The number of hydrogen-bond donors (Lipinski definition) is 3. The van der Waals surface area contributed by atoms with Crippen LogP contribution in [0.3, 0.4) is 0 Å². The van der Waals surface area contributed by atoms with Crippen LogP contribution in [0.4, 0.5) is 0 Å². The molecule has 0 aromatic carbocycles. The average molecular weight is 1440 g/mol. The molecule has 0 rings (SSSR count). The van der Waals surface area contributed by atoms with Gasteiger partial charge in [0.25, 0.3) is 0 Å². The molecule has 0 aliphatic heterocycles. The topological polar surface area (TPSA) is 237 Å². The van der Waals surface area contributed by atoms with Crippen molar-refractivity contribution in [2.24, 2.45) is 11.8 Å². The first-order valence-electron chi connectivity index (χ1n) is 41.0. The second-order valence-corrected chi connectivity index (χ2v) is 32.3. The van der Waals surface area contributed by atoms with Crippen LogP contribution in [-0.4, -0.2) is 96.7 Å². The average Bonchev–Trinajstić information content (AvgIpc) is 1.55. The molecule has 0 heterocycles. The molecule has 0 saturated heterocycles. The number of aliphatic hydroxyl groups excluding tert-OH is 1. The van der Waals surface area contributed by atoms with Crippen molar-refractivity contribution in [3.63, 3.8) is 0 Å². The highest BCUT2D eigenvalue weighted by Gasteiger charge is 2.30. The number of aliphatic hydroxyl groups is 1. The fourth-order valence-electron chi connectivity index (χ4n) is 12.2. The summed E-state index contributed by atoms with van der Waals surface area (Å²) in [7, 11) is -9.91. The highest BCUT2D eigenvalue weighted by Crippen LogP contribution is 2.45. The monoisotopic (exact) mass is 1440 g/mol. The predicted octanol–water partition coefficient (Wildman–Crippen LogP) is 23.5. The van der Waals surface area contributed by atoms with E-state index in [-0.39, 0.29) is 25.7 Å². The lowest BCUT2D eigenvalue weighted by Gasteiger charge is -2.21. The van der Waals surface area contributed by atoms with E-state index in [0.717, 1.165) is 102 Å². The number of ether oxygens (including phenoxy) is 4. The summed E-state index contributed by atoms with van der Waals surface area (Å²) in [6.07, 6.45) is 59.6. The van der Waals surface area contributed by atoms with Gasteiger partial charge in [-0.1, -0.05) is 363 Å². The van der Waals surface area contributed by atoms with Gasteiger partial charge in [0, 0.05) is 25.7 Å². The zero-order valence-corrected chi connectivity index (χ0v) is 65.9. The molecular weight excluding hydrogens is 1280 g/mol. The van der Waals surface area contributed by atoms with Crippen LogP contribution in [0, 0.1) is 11.8 Å². The number of carbonyl (C=O) groups is 4. The Morgan fingerprint density at radius 2 is 0.469 bits per heavy atom. The van der Waals surface area contributed by atoms with Crippen molar-refractivity contribution in [2.75, 3.05) is 39.6 Å². The molecule has 0 fully saturated rings. The van der Waals surface area contributed by atoms with Crippen molar-refractivity contribution in [3.8, 4) is 0 Å². The third-order valence-corrected chi connectivity index (χ3v) is 20.4. The van der Waals surface area contributed by atoms with Crippen LogP contribution in [0.1, 0.15) is 414 Å². The number of phosphoric acid groups is 2. The van der Waals surface area contributed by atoms with Gasteiger partial charge in [-0.05, 0) is 37.5 Å². The van der Waals surface area contributed by atoms with Crippen molar-refractivity contribution in [1.82, 2.24) is 0 Å². The first kappa shape index (κ1) is 96.1. The lowest BCUT2D eigenvalue weighted by molar-refractivity contribution is -0.161. The first-order chi connectivity index (χ1) is 47.4. The number of unbranched alkanes of at least 4 members (excludes halogenated alkanes) is 48. The smallest absolute Gasteiger partial charge is 0.462 e. The molecule has 0 bridgehead atoms. The first-order valence-corrected chi connectivity index (χ1v) is 44.0. The predicted molar refractivity (Wildman–Crippen MR) is 400 cm³/mol. The van der Waals surface area contributed by atoms with E-state index in [0.29, 0.717) is 25.7 Å². The van der Waals surface area contributed by atoms with Crippen molar-refractivity contribution in [1.29, 1.82) is 0 Å². The van der Waals surface area contributed by atoms with Gasteiger partial charge in [-0.3, -0.25) is 37.3 Å². The van der Waals surface area contributed by atoms with Gasteiger partial charge in [-0.15, -0.1) is 0 Å². The maximum atomic E-state index is 13.1. The molecule has 0 saturated carbocycles. The molecule has 0 aliphatic rings. The summed E-state index contributed by atoms with van der Waals surface area (Å²) in [6.45, 7) is 9.64. The van der Waals surface area contributed by atoms with Crippen LogP contribution >= 0.6 is 15.6 Å². The molecule has 2 unspecified atom stereocenters. The van der Waals surface area contributed by atoms with E-state index in [2.05, 4.69) is 41.5 Å². The molecule has 0 spiro atoms. The largest absolute Gasteiger partial charge is 0.472 e. The van der Waals surface area contributed by atoms with Crippen molar-refractivity contribution < 1.29 is 80.2 Å². The zero-order valence-electron chi connectivity index (χ0n) is 64.1. The molecule has 17 nitrogen and oxygen atoms in total. The molecule has 582 valence electrons. The van der Waals surface area contributed by atoms with E-state index in [9.17, 15) is 43.2 Å². The molecule has 0 radical (unpaired) electrons. The van der Waals surface area contributed by atoms with E-state index < -0.39 is 97.5 Å². The Hall–Kier alpha value is -1.94. The SMILES string of the molecule is CCCCCCCCCCCCCCCCCCC(=O)OC[C@H](COP(=O)(O)OC[C@@H](O)COP(=O)(O)OC[C@@H](COC(=O)CCCCCCCCCCCC)OC(=O)CCCCCCCCCCCCC(C)C)OC(=O)CCCCCCCCCCCCCCCCCCC(C)C. The van der Waals surface area contributed by atoms with Crippen LogP contribution in [-0.2, 0) is 65.4 Å². The maximum absolute atomic E-state index is 13.1. The molecular formula is C79H154O17P2. The van der Waals surface area contributed by atoms with Crippen molar-refractivity contribution in [2.45, 2.75) is 432 Å². The highest BCUT2D eigenvalue weighted by atomic mass is 31.2. The molecule has 0 aliphatic carbocycles. The number of carbonyl (C=O) groups excluding carboxylic acids is 4. The Kier molecular flexibility index (Phi) is 69.3. The minimum Gasteiger partial charge on any atom is -0.462 e. The molecule has 0 aromatic rings. The second-order valence-electron chi connectivity index (χ2n) is 29.4.